The molecule has 204 valence electrons. The van der Waals surface area contributed by atoms with Crippen molar-refractivity contribution in [2.75, 3.05) is 0 Å². The van der Waals surface area contributed by atoms with Crippen molar-refractivity contribution in [1.82, 2.24) is 5.32 Å². The summed E-state index contributed by atoms with van der Waals surface area (Å²) in [5, 5.41) is 2.83. The second kappa shape index (κ2) is 16.5. The van der Waals surface area contributed by atoms with Gasteiger partial charge in [-0.1, -0.05) is 57.5 Å². The van der Waals surface area contributed by atoms with Crippen molar-refractivity contribution in [2.24, 2.45) is 17.8 Å². The summed E-state index contributed by atoms with van der Waals surface area (Å²) in [7, 11) is 0. The lowest BCUT2D eigenvalue weighted by Gasteiger charge is -2.31. The van der Waals surface area contributed by atoms with E-state index in [1.807, 2.05) is 71.9 Å². The number of rotatable bonds is 17. The lowest BCUT2D eigenvalue weighted by Crippen LogP contribution is -2.45. The number of nitrogens with one attached hydrogen (secondary N) is 1. The fourth-order valence-corrected chi connectivity index (χ4v) is 3.94. The zero-order valence-electron chi connectivity index (χ0n) is 23.4. The van der Waals surface area contributed by atoms with Crippen LogP contribution in [0, 0.1) is 17.8 Å². The van der Waals surface area contributed by atoms with Crippen LogP contribution in [0.4, 0.5) is 0 Å². The highest BCUT2D eigenvalue weighted by Gasteiger charge is 2.31. The van der Waals surface area contributed by atoms with Crippen LogP contribution in [0.2, 0.25) is 0 Å². The Labute approximate surface area is 217 Å². The van der Waals surface area contributed by atoms with Crippen LogP contribution in [-0.2, 0) is 35.2 Å². The molecule has 1 aromatic carbocycles. The highest BCUT2D eigenvalue weighted by atomic mass is 16.7. The number of Topliss-reactive ketones (excluding diaryl/α,β-unsaturated/α-hetero) is 1. The minimum atomic E-state index is -0.683. The molecule has 1 unspecified atom stereocenters. The summed E-state index contributed by atoms with van der Waals surface area (Å²) in [5.41, 5.74) is 0.887. The number of amides is 1. The molecule has 0 spiro atoms. The number of esters is 1. The van der Waals surface area contributed by atoms with Crippen LogP contribution in [0.15, 0.2) is 30.3 Å². The number of carbonyl (C=O) groups is 3. The summed E-state index contributed by atoms with van der Waals surface area (Å²) in [6.07, 6.45) is 1.31. The monoisotopic (exact) mass is 505 g/mol. The molecule has 36 heavy (non-hydrogen) atoms. The van der Waals surface area contributed by atoms with Gasteiger partial charge in [-0.05, 0) is 52.5 Å². The first kappa shape index (κ1) is 31.8. The maximum absolute atomic E-state index is 13.1. The molecule has 0 saturated carbocycles. The predicted octanol–water partition coefficient (Wildman–Crippen LogP) is 5.45. The zero-order valence-corrected chi connectivity index (χ0v) is 23.4. The Kier molecular flexibility index (Phi) is 14.6. The van der Waals surface area contributed by atoms with Gasteiger partial charge in [-0.15, -0.1) is 0 Å². The Balaban J connectivity index is 2.75. The third kappa shape index (κ3) is 12.1. The van der Waals surface area contributed by atoms with E-state index in [1.165, 1.54) is 0 Å². The van der Waals surface area contributed by atoms with E-state index in [-0.39, 0.29) is 55.2 Å². The second-order valence-electron chi connectivity index (χ2n) is 10.4. The Morgan fingerprint density at radius 2 is 1.44 bits per heavy atom. The highest BCUT2D eigenvalue weighted by molar-refractivity contribution is 5.91. The first-order chi connectivity index (χ1) is 16.9. The van der Waals surface area contributed by atoms with Crippen molar-refractivity contribution in [3.8, 4) is 0 Å². The Bertz CT molecular complexity index is 782. The van der Waals surface area contributed by atoms with Gasteiger partial charge in [0.05, 0.1) is 30.6 Å². The molecule has 7 nitrogen and oxygen atoms in total. The average Bonchev–Trinajstić information content (AvgIpc) is 2.80. The van der Waals surface area contributed by atoms with Gasteiger partial charge in [0.1, 0.15) is 6.61 Å². The molecule has 0 bridgehead atoms. The van der Waals surface area contributed by atoms with Crippen LogP contribution in [0.25, 0.3) is 0 Å². The van der Waals surface area contributed by atoms with E-state index >= 15 is 0 Å². The SMILES string of the molecule is CCCC(CC(=O)[C@H](C)NC(=O)[C@@H](CC(=O)OCc1ccccc1)C(C)C)C(OC(C)C)OC(C)C. The van der Waals surface area contributed by atoms with Gasteiger partial charge in [-0.25, -0.2) is 0 Å². The summed E-state index contributed by atoms with van der Waals surface area (Å²) in [4.78, 5) is 38.5. The quantitative estimate of drug-likeness (QED) is 0.224. The molecule has 0 saturated heterocycles. The minimum Gasteiger partial charge on any atom is -0.461 e. The van der Waals surface area contributed by atoms with E-state index < -0.39 is 24.2 Å². The van der Waals surface area contributed by atoms with Crippen LogP contribution in [0.1, 0.15) is 86.6 Å². The number of ether oxygens (including phenoxy) is 3. The summed E-state index contributed by atoms with van der Waals surface area (Å²) in [5.74, 6) is -1.62. The number of hydrogen-bond donors (Lipinski definition) is 1. The normalized spacial score (nSPS) is 14.2. The molecule has 0 aliphatic heterocycles. The molecule has 3 atom stereocenters. The smallest absolute Gasteiger partial charge is 0.306 e. The predicted molar refractivity (Wildman–Crippen MR) is 141 cm³/mol. The van der Waals surface area contributed by atoms with E-state index in [9.17, 15) is 14.4 Å². The Hall–Kier alpha value is -2.25. The number of ketones is 1. The maximum atomic E-state index is 13.1. The van der Waals surface area contributed by atoms with Gasteiger partial charge < -0.3 is 19.5 Å². The average molecular weight is 506 g/mol. The first-order valence-corrected chi connectivity index (χ1v) is 13.3. The van der Waals surface area contributed by atoms with Crippen LogP contribution >= 0.6 is 0 Å². The van der Waals surface area contributed by atoms with Crippen LogP contribution in [-0.4, -0.2) is 42.2 Å². The van der Waals surface area contributed by atoms with E-state index in [0.717, 1.165) is 18.4 Å². The van der Waals surface area contributed by atoms with Crippen LogP contribution in [0.3, 0.4) is 0 Å². The third-order valence-corrected chi connectivity index (χ3v) is 5.93. The molecular weight excluding hydrogens is 458 g/mol. The lowest BCUT2D eigenvalue weighted by molar-refractivity contribution is -0.209. The fraction of sp³-hybridized carbons (Fsp3) is 0.690. The molecule has 1 rings (SSSR count). The van der Waals surface area contributed by atoms with Gasteiger partial charge >= 0.3 is 5.97 Å². The molecule has 0 aliphatic carbocycles. The standard InChI is InChI=1S/C29H47NO6/c1-9-13-24(29(35-20(4)5)36-21(6)7)16-26(31)22(8)30-28(33)25(19(2)3)17-27(32)34-18-23-14-11-10-12-15-23/h10-12,14-15,19-22,24-25,29H,9,13,16-18H2,1-8H3,(H,30,33)/t22-,24?,25-/m0/s1. The molecule has 1 aromatic rings. The highest BCUT2D eigenvalue weighted by Crippen LogP contribution is 2.24. The van der Waals surface area contributed by atoms with Crippen LogP contribution in [0.5, 0.6) is 0 Å². The van der Waals surface area contributed by atoms with Crippen LogP contribution < -0.4 is 5.32 Å². The molecule has 7 heteroatoms. The van der Waals surface area contributed by atoms with Crippen molar-refractivity contribution in [3.05, 3.63) is 35.9 Å². The molecule has 0 aromatic heterocycles. The van der Waals surface area contributed by atoms with Gasteiger partial charge in [-0.3, -0.25) is 14.4 Å². The van der Waals surface area contributed by atoms with Crippen molar-refractivity contribution in [3.63, 3.8) is 0 Å². The Morgan fingerprint density at radius 3 is 1.94 bits per heavy atom. The molecular formula is C29H47NO6. The first-order valence-electron chi connectivity index (χ1n) is 13.3. The maximum Gasteiger partial charge on any atom is 0.306 e. The van der Waals surface area contributed by atoms with Crippen molar-refractivity contribution in [1.29, 1.82) is 0 Å². The van der Waals surface area contributed by atoms with E-state index in [4.69, 9.17) is 14.2 Å². The van der Waals surface area contributed by atoms with Gasteiger partial charge in [-0.2, -0.15) is 0 Å². The topological polar surface area (TPSA) is 90.9 Å². The summed E-state index contributed by atoms with van der Waals surface area (Å²) >= 11 is 0. The molecule has 1 amide bonds. The largest absolute Gasteiger partial charge is 0.461 e. The van der Waals surface area contributed by atoms with E-state index in [2.05, 4.69) is 12.2 Å². The molecule has 0 radical (unpaired) electrons. The van der Waals surface area contributed by atoms with Gasteiger partial charge in [0.15, 0.2) is 12.1 Å². The van der Waals surface area contributed by atoms with Crippen molar-refractivity contribution >= 4 is 17.7 Å². The summed E-state index contributed by atoms with van der Waals surface area (Å²) < 4.78 is 17.4. The van der Waals surface area contributed by atoms with Gasteiger partial charge in [0.2, 0.25) is 5.91 Å². The lowest BCUT2D eigenvalue weighted by atomic mass is 9.90. The van der Waals surface area contributed by atoms with Crippen molar-refractivity contribution < 1.29 is 28.6 Å². The third-order valence-electron chi connectivity index (χ3n) is 5.93. The fourth-order valence-electron chi connectivity index (χ4n) is 3.94. The summed E-state index contributed by atoms with van der Waals surface area (Å²) in [6, 6.07) is 8.72. The summed E-state index contributed by atoms with van der Waals surface area (Å²) in [6.45, 7) is 15.5. The number of carbonyl (C=O) groups excluding carboxylic acids is 3. The van der Waals surface area contributed by atoms with E-state index in [1.54, 1.807) is 6.92 Å². The second-order valence-corrected chi connectivity index (χ2v) is 10.4. The van der Waals surface area contributed by atoms with Gasteiger partial charge in [0.25, 0.3) is 0 Å². The number of benzene rings is 1. The molecule has 0 aliphatic rings. The zero-order chi connectivity index (χ0) is 27.3. The van der Waals surface area contributed by atoms with E-state index in [0.29, 0.717) is 0 Å². The number of hydrogen-bond acceptors (Lipinski definition) is 6. The Morgan fingerprint density at radius 1 is 0.861 bits per heavy atom. The molecule has 0 heterocycles. The van der Waals surface area contributed by atoms with Crippen molar-refractivity contribution in [2.45, 2.75) is 112 Å². The molecule has 1 N–H and O–H groups in total. The minimum absolute atomic E-state index is 0.0335. The van der Waals surface area contributed by atoms with Gasteiger partial charge in [0, 0.05) is 12.3 Å². The molecule has 0 fully saturated rings.